The molecule has 0 spiro atoms. The summed E-state index contributed by atoms with van der Waals surface area (Å²) in [6.07, 6.45) is 0.887. The number of amides is 1. The van der Waals surface area contributed by atoms with Crippen LogP contribution in [0.5, 0.6) is 0 Å². The summed E-state index contributed by atoms with van der Waals surface area (Å²) in [4.78, 5) is 14.6. The molecule has 4 nitrogen and oxygen atoms in total. The van der Waals surface area contributed by atoms with Crippen molar-refractivity contribution in [2.24, 2.45) is 0 Å². The van der Waals surface area contributed by atoms with Crippen molar-refractivity contribution in [3.8, 4) is 0 Å². The first-order chi connectivity index (χ1) is 8.65. The zero-order valence-corrected chi connectivity index (χ0v) is 11.7. The molecule has 1 fully saturated rings. The van der Waals surface area contributed by atoms with E-state index in [0.29, 0.717) is 13.2 Å². The molecule has 0 saturated carbocycles. The fourth-order valence-electron chi connectivity index (χ4n) is 2.02. The van der Waals surface area contributed by atoms with Crippen molar-refractivity contribution < 1.29 is 9.53 Å². The molecule has 1 aromatic heterocycles. The number of ether oxygens (including phenoxy) is 1. The SMILES string of the molecule is Cc1ccc(CC(C)NC(=O)C2COCCN2)s1. The molecule has 0 radical (unpaired) electrons. The Morgan fingerprint density at radius 2 is 2.50 bits per heavy atom. The highest BCUT2D eigenvalue weighted by atomic mass is 32.1. The van der Waals surface area contributed by atoms with Crippen molar-refractivity contribution in [3.05, 3.63) is 21.9 Å². The van der Waals surface area contributed by atoms with Gasteiger partial charge in [-0.25, -0.2) is 0 Å². The number of thiophene rings is 1. The Morgan fingerprint density at radius 1 is 1.67 bits per heavy atom. The lowest BCUT2D eigenvalue weighted by Gasteiger charge is -2.24. The third-order valence-corrected chi connectivity index (χ3v) is 3.95. The van der Waals surface area contributed by atoms with E-state index in [1.165, 1.54) is 9.75 Å². The number of carbonyl (C=O) groups excluding carboxylic acids is 1. The standard InChI is InChI=1S/C13H20N2O2S/c1-9(7-11-4-3-10(2)18-11)15-13(16)12-8-17-6-5-14-12/h3-4,9,12,14H,5-8H2,1-2H3,(H,15,16). The number of rotatable bonds is 4. The molecule has 2 rings (SSSR count). The zero-order chi connectivity index (χ0) is 13.0. The molecule has 0 aromatic carbocycles. The maximum atomic E-state index is 12.0. The summed E-state index contributed by atoms with van der Waals surface area (Å²) in [6.45, 7) is 6.04. The number of carbonyl (C=O) groups is 1. The second-order valence-corrected chi connectivity index (χ2v) is 6.08. The number of aryl methyl sites for hydroxylation is 1. The van der Waals surface area contributed by atoms with Gasteiger partial charge in [0.15, 0.2) is 0 Å². The van der Waals surface area contributed by atoms with Gasteiger partial charge in [0.1, 0.15) is 6.04 Å². The third-order valence-electron chi connectivity index (χ3n) is 2.93. The average Bonchev–Trinajstić information content (AvgIpc) is 2.75. The van der Waals surface area contributed by atoms with Crippen LogP contribution in [0.25, 0.3) is 0 Å². The largest absolute Gasteiger partial charge is 0.378 e. The summed E-state index contributed by atoms with van der Waals surface area (Å²) in [5, 5.41) is 6.19. The van der Waals surface area contributed by atoms with E-state index < -0.39 is 0 Å². The molecule has 1 aromatic rings. The lowest BCUT2D eigenvalue weighted by atomic mass is 10.2. The van der Waals surface area contributed by atoms with Gasteiger partial charge < -0.3 is 15.4 Å². The van der Waals surface area contributed by atoms with E-state index in [1.807, 2.05) is 6.92 Å². The van der Waals surface area contributed by atoms with Gasteiger partial charge in [-0.1, -0.05) is 0 Å². The van der Waals surface area contributed by atoms with Crippen molar-refractivity contribution in [1.29, 1.82) is 0 Å². The summed E-state index contributed by atoms with van der Waals surface area (Å²) in [7, 11) is 0. The van der Waals surface area contributed by atoms with E-state index in [1.54, 1.807) is 11.3 Å². The minimum atomic E-state index is -0.203. The summed E-state index contributed by atoms with van der Waals surface area (Å²) >= 11 is 1.79. The van der Waals surface area contributed by atoms with E-state index in [2.05, 4.69) is 29.7 Å². The predicted molar refractivity (Wildman–Crippen MR) is 73.0 cm³/mol. The molecule has 100 valence electrons. The molecule has 0 aliphatic carbocycles. The van der Waals surface area contributed by atoms with Crippen molar-refractivity contribution in [3.63, 3.8) is 0 Å². The summed E-state index contributed by atoms with van der Waals surface area (Å²) in [5.41, 5.74) is 0. The highest BCUT2D eigenvalue weighted by Crippen LogP contribution is 2.16. The van der Waals surface area contributed by atoms with Crippen molar-refractivity contribution in [2.75, 3.05) is 19.8 Å². The molecule has 2 unspecified atom stereocenters. The smallest absolute Gasteiger partial charge is 0.239 e. The normalized spacial score (nSPS) is 21.6. The summed E-state index contributed by atoms with van der Waals surface area (Å²) in [6, 6.07) is 4.20. The highest BCUT2D eigenvalue weighted by Gasteiger charge is 2.22. The molecule has 5 heteroatoms. The van der Waals surface area contributed by atoms with Crippen molar-refractivity contribution in [2.45, 2.75) is 32.4 Å². The first-order valence-corrected chi connectivity index (χ1v) is 7.13. The predicted octanol–water partition coefficient (Wildman–Crippen LogP) is 1.09. The van der Waals surface area contributed by atoms with Crippen LogP contribution in [0.15, 0.2) is 12.1 Å². The average molecular weight is 268 g/mol. The quantitative estimate of drug-likeness (QED) is 0.859. The Labute approximate surface area is 112 Å². The maximum absolute atomic E-state index is 12.0. The van der Waals surface area contributed by atoms with Crippen LogP contribution in [-0.4, -0.2) is 37.7 Å². The van der Waals surface area contributed by atoms with Crippen LogP contribution in [0.3, 0.4) is 0 Å². The fraction of sp³-hybridized carbons (Fsp3) is 0.615. The lowest BCUT2D eigenvalue weighted by molar-refractivity contribution is -0.126. The van der Waals surface area contributed by atoms with Gasteiger partial charge in [0.25, 0.3) is 0 Å². The Hall–Kier alpha value is -0.910. The Bertz CT molecular complexity index is 399. The maximum Gasteiger partial charge on any atom is 0.239 e. The van der Waals surface area contributed by atoms with Gasteiger partial charge >= 0.3 is 0 Å². The van der Waals surface area contributed by atoms with Crippen molar-refractivity contribution in [1.82, 2.24) is 10.6 Å². The Morgan fingerprint density at radius 3 is 3.11 bits per heavy atom. The van der Waals surface area contributed by atoms with Gasteiger partial charge in [0, 0.05) is 28.8 Å². The number of hydrogen-bond acceptors (Lipinski definition) is 4. The molecule has 1 aliphatic heterocycles. The minimum Gasteiger partial charge on any atom is -0.378 e. The molecule has 2 N–H and O–H groups in total. The summed E-state index contributed by atoms with van der Waals surface area (Å²) < 4.78 is 5.29. The lowest BCUT2D eigenvalue weighted by Crippen LogP contribution is -2.53. The van der Waals surface area contributed by atoms with Crippen LogP contribution in [0, 0.1) is 6.92 Å². The second-order valence-electron chi connectivity index (χ2n) is 4.71. The molecule has 0 bridgehead atoms. The zero-order valence-electron chi connectivity index (χ0n) is 10.9. The number of hydrogen-bond donors (Lipinski definition) is 2. The molecular weight excluding hydrogens is 248 g/mol. The molecular formula is C13H20N2O2S. The molecule has 2 heterocycles. The van der Waals surface area contributed by atoms with E-state index in [0.717, 1.165) is 13.0 Å². The van der Waals surface area contributed by atoms with E-state index >= 15 is 0 Å². The molecule has 2 atom stereocenters. The summed E-state index contributed by atoms with van der Waals surface area (Å²) in [5.74, 6) is 0.0375. The van der Waals surface area contributed by atoms with Gasteiger partial charge in [-0.05, 0) is 26.0 Å². The van der Waals surface area contributed by atoms with Crippen LogP contribution in [0.2, 0.25) is 0 Å². The van der Waals surface area contributed by atoms with Crippen LogP contribution in [0.4, 0.5) is 0 Å². The van der Waals surface area contributed by atoms with Crippen LogP contribution < -0.4 is 10.6 Å². The van der Waals surface area contributed by atoms with Gasteiger partial charge in [-0.3, -0.25) is 4.79 Å². The highest BCUT2D eigenvalue weighted by molar-refractivity contribution is 7.11. The molecule has 1 aliphatic rings. The fourth-order valence-corrected chi connectivity index (χ4v) is 3.04. The minimum absolute atomic E-state index is 0.0375. The van der Waals surface area contributed by atoms with E-state index in [-0.39, 0.29) is 18.0 Å². The van der Waals surface area contributed by atoms with Gasteiger partial charge in [-0.2, -0.15) is 0 Å². The number of morpholine rings is 1. The molecule has 18 heavy (non-hydrogen) atoms. The van der Waals surface area contributed by atoms with Crippen LogP contribution >= 0.6 is 11.3 Å². The van der Waals surface area contributed by atoms with Gasteiger partial charge in [0.2, 0.25) is 5.91 Å². The molecule has 1 amide bonds. The first-order valence-electron chi connectivity index (χ1n) is 6.32. The van der Waals surface area contributed by atoms with Crippen LogP contribution in [-0.2, 0) is 16.0 Å². The first kappa shape index (κ1) is 13.5. The van der Waals surface area contributed by atoms with E-state index in [4.69, 9.17) is 4.74 Å². The Balaban J connectivity index is 1.79. The van der Waals surface area contributed by atoms with Crippen molar-refractivity contribution >= 4 is 17.2 Å². The second kappa shape index (κ2) is 6.31. The van der Waals surface area contributed by atoms with Gasteiger partial charge in [0.05, 0.1) is 13.2 Å². The van der Waals surface area contributed by atoms with Crippen LogP contribution in [0.1, 0.15) is 16.7 Å². The molecule has 1 saturated heterocycles. The van der Waals surface area contributed by atoms with Gasteiger partial charge in [-0.15, -0.1) is 11.3 Å². The Kier molecular flexibility index (Phi) is 4.74. The monoisotopic (exact) mass is 268 g/mol. The third kappa shape index (κ3) is 3.80. The topological polar surface area (TPSA) is 50.4 Å². The number of nitrogens with one attached hydrogen (secondary N) is 2. The van der Waals surface area contributed by atoms with E-state index in [9.17, 15) is 4.79 Å².